The zero-order chi connectivity index (χ0) is 14.1. The molecule has 0 aromatic heterocycles. The standard InChI is InChI=1S/C14H26O5/c1-2-3-4-5-6-7-8-18-9-12(16)14-13(17)11(15)10-19-14/h7-8,11-17H,2-6,9-10H2,1H3/b8-7+/t11-,12+,13-,14-/m0/s1. The predicted octanol–water partition coefficient (Wildman–Crippen LogP) is 0.969. The number of unbranched alkanes of at least 4 members (excludes halogenated alkanes) is 4. The molecule has 5 heteroatoms. The van der Waals surface area contributed by atoms with Crippen LogP contribution in [0.15, 0.2) is 12.3 Å². The highest BCUT2D eigenvalue weighted by Crippen LogP contribution is 2.17. The van der Waals surface area contributed by atoms with E-state index in [0.717, 1.165) is 12.8 Å². The molecular weight excluding hydrogens is 248 g/mol. The molecule has 3 N–H and O–H groups in total. The molecule has 0 amide bonds. The molecule has 112 valence electrons. The summed E-state index contributed by atoms with van der Waals surface area (Å²) in [6.07, 6.45) is 5.66. The highest BCUT2D eigenvalue weighted by atomic mass is 16.5. The fraction of sp³-hybridized carbons (Fsp3) is 0.857. The van der Waals surface area contributed by atoms with E-state index in [1.807, 2.05) is 6.08 Å². The maximum absolute atomic E-state index is 9.75. The second-order valence-corrected chi connectivity index (χ2v) is 4.98. The second-order valence-electron chi connectivity index (χ2n) is 4.98. The maximum atomic E-state index is 9.75. The van der Waals surface area contributed by atoms with Crippen LogP contribution in [0.25, 0.3) is 0 Å². The van der Waals surface area contributed by atoms with Crippen LogP contribution < -0.4 is 0 Å². The van der Waals surface area contributed by atoms with Gasteiger partial charge in [-0.1, -0.05) is 26.2 Å². The molecule has 0 unspecified atom stereocenters. The topological polar surface area (TPSA) is 79.2 Å². The first kappa shape index (κ1) is 16.4. The average molecular weight is 274 g/mol. The molecule has 1 fully saturated rings. The summed E-state index contributed by atoms with van der Waals surface area (Å²) in [5.41, 5.74) is 0. The first-order valence-corrected chi connectivity index (χ1v) is 7.09. The molecule has 0 aliphatic carbocycles. The van der Waals surface area contributed by atoms with E-state index >= 15 is 0 Å². The van der Waals surface area contributed by atoms with Crippen LogP contribution in [0.5, 0.6) is 0 Å². The van der Waals surface area contributed by atoms with E-state index in [1.165, 1.54) is 19.3 Å². The predicted molar refractivity (Wildman–Crippen MR) is 71.6 cm³/mol. The van der Waals surface area contributed by atoms with Gasteiger partial charge in [0.2, 0.25) is 0 Å². The highest BCUT2D eigenvalue weighted by Gasteiger charge is 2.39. The summed E-state index contributed by atoms with van der Waals surface area (Å²) < 4.78 is 10.3. The van der Waals surface area contributed by atoms with Crippen molar-refractivity contribution in [3.05, 3.63) is 12.3 Å². The molecule has 0 saturated carbocycles. The zero-order valence-electron chi connectivity index (χ0n) is 11.6. The Balaban J connectivity index is 2.07. The summed E-state index contributed by atoms with van der Waals surface area (Å²) in [5.74, 6) is 0. The third-order valence-corrected chi connectivity index (χ3v) is 3.25. The van der Waals surface area contributed by atoms with Crippen molar-refractivity contribution < 1.29 is 24.8 Å². The van der Waals surface area contributed by atoms with Crippen LogP contribution in [-0.2, 0) is 9.47 Å². The van der Waals surface area contributed by atoms with Gasteiger partial charge in [0.1, 0.15) is 31.0 Å². The number of hydrogen-bond acceptors (Lipinski definition) is 5. The van der Waals surface area contributed by atoms with E-state index in [9.17, 15) is 15.3 Å². The molecule has 1 rings (SSSR count). The van der Waals surface area contributed by atoms with Crippen molar-refractivity contribution in [2.45, 2.75) is 63.4 Å². The van der Waals surface area contributed by atoms with Gasteiger partial charge in [0, 0.05) is 0 Å². The Morgan fingerprint density at radius 2 is 2.11 bits per heavy atom. The minimum absolute atomic E-state index is 0.0517. The summed E-state index contributed by atoms with van der Waals surface area (Å²) >= 11 is 0. The van der Waals surface area contributed by atoms with Gasteiger partial charge in [-0.15, -0.1) is 0 Å². The van der Waals surface area contributed by atoms with Gasteiger partial charge in [0.15, 0.2) is 0 Å². The lowest BCUT2D eigenvalue weighted by Crippen LogP contribution is -2.40. The molecule has 1 aliphatic rings. The largest absolute Gasteiger partial charge is 0.499 e. The molecule has 0 aromatic rings. The molecule has 0 aromatic carbocycles. The molecule has 4 atom stereocenters. The monoisotopic (exact) mass is 274 g/mol. The summed E-state index contributed by atoms with van der Waals surface area (Å²) in [6.45, 7) is 2.28. The molecular formula is C14H26O5. The van der Waals surface area contributed by atoms with E-state index in [0.29, 0.717) is 0 Å². The normalized spacial score (nSPS) is 28.9. The van der Waals surface area contributed by atoms with Crippen molar-refractivity contribution in [3.8, 4) is 0 Å². The Kier molecular flexibility index (Phi) is 8.05. The molecule has 0 bridgehead atoms. The Morgan fingerprint density at radius 3 is 2.74 bits per heavy atom. The summed E-state index contributed by atoms with van der Waals surface area (Å²) in [6, 6.07) is 0. The lowest BCUT2D eigenvalue weighted by atomic mass is 10.1. The van der Waals surface area contributed by atoms with Crippen molar-refractivity contribution in [1.82, 2.24) is 0 Å². The van der Waals surface area contributed by atoms with E-state index < -0.39 is 24.4 Å². The number of aliphatic hydroxyl groups excluding tert-OH is 3. The number of allylic oxidation sites excluding steroid dienone is 1. The number of hydrogen-bond donors (Lipinski definition) is 3. The lowest BCUT2D eigenvalue weighted by molar-refractivity contribution is -0.0703. The Hall–Kier alpha value is -0.620. The van der Waals surface area contributed by atoms with E-state index in [4.69, 9.17) is 9.47 Å². The third-order valence-electron chi connectivity index (χ3n) is 3.25. The van der Waals surface area contributed by atoms with E-state index in [1.54, 1.807) is 6.26 Å². The van der Waals surface area contributed by atoms with Gasteiger partial charge < -0.3 is 24.8 Å². The van der Waals surface area contributed by atoms with Crippen LogP contribution >= 0.6 is 0 Å². The molecule has 1 heterocycles. The van der Waals surface area contributed by atoms with Gasteiger partial charge in [-0.2, -0.15) is 0 Å². The first-order chi connectivity index (χ1) is 9.16. The van der Waals surface area contributed by atoms with Crippen LogP contribution in [-0.4, -0.2) is 52.9 Å². The summed E-state index contributed by atoms with van der Waals surface area (Å²) in [5, 5.41) is 28.6. The van der Waals surface area contributed by atoms with E-state index in [2.05, 4.69) is 6.92 Å². The van der Waals surface area contributed by atoms with Gasteiger partial charge in [0.05, 0.1) is 12.9 Å². The Bertz CT molecular complexity index is 256. The van der Waals surface area contributed by atoms with Crippen LogP contribution in [0.1, 0.15) is 39.0 Å². The maximum Gasteiger partial charge on any atom is 0.117 e. The number of rotatable bonds is 9. The van der Waals surface area contributed by atoms with Gasteiger partial charge in [-0.05, 0) is 18.9 Å². The van der Waals surface area contributed by atoms with Crippen molar-refractivity contribution in [3.63, 3.8) is 0 Å². The minimum atomic E-state index is -1.04. The fourth-order valence-corrected chi connectivity index (χ4v) is 2.04. The third kappa shape index (κ3) is 5.91. The summed E-state index contributed by atoms with van der Waals surface area (Å²) in [4.78, 5) is 0. The Morgan fingerprint density at radius 1 is 1.32 bits per heavy atom. The van der Waals surface area contributed by atoms with Crippen molar-refractivity contribution >= 4 is 0 Å². The molecule has 0 radical (unpaired) electrons. The highest BCUT2D eigenvalue weighted by molar-refractivity contribution is 4.88. The summed E-state index contributed by atoms with van der Waals surface area (Å²) in [7, 11) is 0. The van der Waals surface area contributed by atoms with Gasteiger partial charge >= 0.3 is 0 Å². The smallest absolute Gasteiger partial charge is 0.117 e. The molecule has 0 spiro atoms. The minimum Gasteiger partial charge on any atom is -0.499 e. The fourth-order valence-electron chi connectivity index (χ4n) is 2.04. The van der Waals surface area contributed by atoms with E-state index in [-0.39, 0.29) is 13.2 Å². The number of ether oxygens (including phenoxy) is 2. The van der Waals surface area contributed by atoms with Crippen molar-refractivity contribution in [1.29, 1.82) is 0 Å². The van der Waals surface area contributed by atoms with Crippen LogP contribution in [0.4, 0.5) is 0 Å². The number of aliphatic hydroxyl groups is 3. The van der Waals surface area contributed by atoms with Gasteiger partial charge in [-0.25, -0.2) is 0 Å². The van der Waals surface area contributed by atoms with Crippen LogP contribution in [0, 0.1) is 0 Å². The first-order valence-electron chi connectivity index (χ1n) is 7.09. The quantitative estimate of drug-likeness (QED) is 0.431. The van der Waals surface area contributed by atoms with Gasteiger partial charge in [0.25, 0.3) is 0 Å². The molecule has 1 aliphatic heterocycles. The second kappa shape index (κ2) is 9.31. The van der Waals surface area contributed by atoms with Gasteiger partial charge in [-0.3, -0.25) is 0 Å². The average Bonchev–Trinajstić information content (AvgIpc) is 2.73. The van der Waals surface area contributed by atoms with Crippen molar-refractivity contribution in [2.24, 2.45) is 0 Å². The van der Waals surface area contributed by atoms with Crippen molar-refractivity contribution in [2.75, 3.05) is 13.2 Å². The zero-order valence-corrected chi connectivity index (χ0v) is 11.6. The van der Waals surface area contributed by atoms with Crippen LogP contribution in [0.2, 0.25) is 0 Å². The van der Waals surface area contributed by atoms with Crippen LogP contribution in [0.3, 0.4) is 0 Å². The molecule has 1 saturated heterocycles. The Labute approximate surface area is 114 Å². The SMILES string of the molecule is CCCCCC/C=C/OC[C@@H](O)[C@@H]1OC[C@H](O)[C@@H]1O. The molecule has 5 nitrogen and oxygen atoms in total. The molecule has 19 heavy (non-hydrogen) atoms. The lowest BCUT2D eigenvalue weighted by Gasteiger charge is -2.20.